The lowest BCUT2D eigenvalue weighted by atomic mass is 9.43. The van der Waals surface area contributed by atoms with Gasteiger partial charge in [0, 0.05) is 22.8 Å². The Hall–Kier alpha value is -3.18. The lowest BCUT2D eigenvalue weighted by molar-refractivity contribution is -0.161. The van der Waals surface area contributed by atoms with Gasteiger partial charge in [-0.25, -0.2) is 0 Å². The van der Waals surface area contributed by atoms with Gasteiger partial charge in [0.15, 0.2) is 11.6 Å². The normalized spacial score (nSPS) is 31.7. The highest BCUT2D eigenvalue weighted by atomic mass is 16.5. The summed E-state index contributed by atoms with van der Waals surface area (Å²) in [6, 6.07) is 15.1. The summed E-state index contributed by atoms with van der Waals surface area (Å²) in [7, 11) is 3.22. The average molecular weight is 473 g/mol. The fraction of sp³-hybridized carbons (Fsp3) is 0.400. The van der Waals surface area contributed by atoms with Crippen LogP contribution in [0.4, 0.5) is 0 Å². The first-order valence-electron chi connectivity index (χ1n) is 12.0. The number of allylic oxidation sites excluding steroid dienone is 3. The highest BCUT2D eigenvalue weighted by Crippen LogP contribution is 2.65. The van der Waals surface area contributed by atoms with E-state index in [4.69, 9.17) is 9.47 Å². The van der Waals surface area contributed by atoms with Gasteiger partial charge in [0.2, 0.25) is 0 Å². The van der Waals surface area contributed by atoms with E-state index in [1.54, 1.807) is 21.1 Å². The Morgan fingerprint density at radius 3 is 1.94 bits per heavy atom. The molecule has 5 heteroatoms. The molecule has 0 heterocycles. The minimum absolute atomic E-state index is 0.0435. The summed E-state index contributed by atoms with van der Waals surface area (Å²) < 4.78 is 10.7. The van der Waals surface area contributed by atoms with Gasteiger partial charge >= 0.3 is 0 Å². The number of hydrogen-bond donors (Lipinski definition) is 1. The number of hydrogen-bond acceptors (Lipinski definition) is 5. The summed E-state index contributed by atoms with van der Waals surface area (Å²) in [5.74, 6) is -0.721. The molecule has 0 aliphatic heterocycles. The zero-order chi connectivity index (χ0) is 25.3. The number of ketones is 2. The Morgan fingerprint density at radius 1 is 0.886 bits per heavy atom. The van der Waals surface area contributed by atoms with Crippen molar-refractivity contribution in [1.29, 1.82) is 0 Å². The van der Waals surface area contributed by atoms with Crippen molar-refractivity contribution in [2.45, 2.75) is 38.7 Å². The van der Waals surface area contributed by atoms with Crippen molar-refractivity contribution in [2.24, 2.45) is 23.2 Å². The third-order valence-corrected chi connectivity index (χ3v) is 8.22. The van der Waals surface area contributed by atoms with E-state index in [0.717, 1.165) is 16.7 Å². The van der Waals surface area contributed by atoms with Crippen LogP contribution >= 0.6 is 0 Å². The molecule has 0 saturated heterocycles. The molecule has 35 heavy (non-hydrogen) atoms. The van der Waals surface area contributed by atoms with Crippen molar-refractivity contribution in [3.05, 3.63) is 77.4 Å². The standard InChI is InChI=1S/C30H32O5/c1-28(2,3)22-15-23-24-26(31)21(17-7-11-19(34-5)12-8-17)16-30(24,25(22)27(32)29(23,4)33)18-9-13-20(35-6)14-10-18/h7-16,23-25,33H,1-6H3/t23-,24-,25-,29+,30-/m0/s1. The Labute approximate surface area is 206 Å². The molecule has 5 atom stereocenters. The van der Waals surface area contributed by atoms with Crippen LogP contribution in [0.25, 0.3) is 5.57 Å². The number of benzene rings is 2. The first kappa shape index (κ1) is 23.6. The lowest BCUT2D eigenvalue weighted by Gasteiger charge is -2.58. The largest absolute Gasteiger partial charge is 0.497 e. The molecule has 4 aliphatic carbocycles. The summed E-state index contributed by atoms with van der Waals surface area (Å²) in [4.78, 5) is 28.1. The second-order valence-corrected chi connectivity index (χ2v) is 11.1. The topological polar surface area (TPSA) is 72.8 Å². The van der Waals surface area contributed by atoms with E-state index in [9.17, 15) is 14.7 Å². The van der Waals surface area contributed by atoms with Crippen LogP contribution in [0.15, 0.2) is 66.3 Å². The van der Waals surface area contributed by atoms with E-state index in [1.807, 2.05) is 60.7 Å². The molecule has 0 radical (unpaired) electrons. The third kappa shape index (κ3) is 3.17. The summed E-state index contributed by atoms with van der Waals surface area (Å²) in [5.41, 5.74) is 0.414. The molecule has 1 saturated carbocycles. The molecular weight excluding hydrogens is 440 g/mol. The SMILES string of the molecule is COc1ccc(C2=C[C@@]3(c4ccc(OC)cc4)[C@@H]4C(=O)[C@](C)(O)[C@@H](C=C4C(C)(C)C)[C@H]3C2=O)cc1. The van der Waals surface area contributed by atoms with Crippen LogP contribution in [0, 0.1) is 23.2 Å². The fourth-order valence-electron chi connectivity index (χ4n) is 6.44. The van der Waals surface area contributed by atoms with E-state index >= 15 is 0 Å². The molecule has 0 spiro atoms. The van der Waals surface area contributed by atoms with Gasteiger partial charge in [0.05, 0.1) is 20.1 Å². The number of carbonyl (C=O) groups excluding carboxylic acids is 2. The number of carbonyl (C=O) groups is 2. The predicted octanol–water partition coefficient (Wildman–Crippen LogP) is 4.78. The Balaban J connectivity index is 1.80. The number of rotatable bonds is 4. The summed E-state index contributed by atoms with van der Waals surface area (Å²) >= 11 is 0. The van der Waals surface area contributed by atoms with Crippen molar-refractivity contribution in [2.75, 3.05) is 14.2 Å². The second-order valence-electron chi connectivity index (χ2n) is 11.1. The molecule has 2 aromatic rings. The molecule has 0 aromatic heterocycles. The van der Waals surface area contributed by atoms with Gasteiger partial charge in [-0.3, -0.25) is 9.59 Å². The molecule has 1 fully saturated rings. The molecular formula is C30H32O5. The minimum Gasteiger partial charge on any atom is -0.497 e. The number of Topliss-reactive ketones (excluding diaryl/α,β-unsaturated/α-hetero) is 2. The molecule has 4 aliphatic rings. The lowest BCUT2D eigenvalue weighted by Crippen LogP contribution is -2.67. The van der Waals surface area contributed by atoms with Crippen molar-refractivity contribution in [1.82, 2.24) is 0 Å². The van der Waals surface area contributed by atoms with Gasteiger partial charge in [0.25, 0.3) is 0 Å². The maximum atomic E-state index is 14.2. The zero-order valence-electron chi connectivity index (χ0n) is 21.1. The van der Waals surface area contributed by atoms with Crippen molar-refractivity contribution in [3.63, 3.8) is 0 Å². The minimum atomic E-state index is -1.61. The van der Waals surface area contributed by atoms with E-state index in [-0.39, 0.29) is 17.0 Å². The summed E-state index contributed by atoms with van der Waals surface area (Å²) in [5, 5.41) is 11.4. The van der Waals surface area contributed by atoms with Crippen LogP contribution in [0.3, 0.4) is 0 Å². The van der Waals surface area contributed by atoms with Gasteiger partial charge < -0.3 is 14.6 Å². The molecule has 1 N–H and O–H groups in total. The van der Waals surface area contributed by atoms with E-state index < -0.39 is 28.8 Å². The van der Waals surface area contributed by atoms with Gasteiger partial charge in [0.1, 0.15) is 17.1 Å². The number of ether oxygens (including phenoxy) is 2. The first-order chi connectivity index (χ1) is 16.5. The summed E-state index contributed by atoms with van der Waals surface area (Å²) in [6.45, 7) is 7.83. The molecule has 0 unspecified atom stereocenters. The fourth-order valence-corrected chi connectivity index (χ4v) is 6.44. The van der Waals surface area contributed by atoms with Crippen molar-refractivity contribution in [3.8, 4) is 11.5 Å². The first-order valence-corrected chi connectivity index (χ1v) is 12.0. The zero-order valence-corrected chi connectivity index (χ0v) is 21.1. The van der Waals surface area contributed by atoms with Crippen LogP contribution in [-0.4, -0.2) is 36.5 Å². The molecule has 0 amide bonds. The monoisotopic (exact) mass is 472 g/mol. The van der Waals surface area contributed by atoms with Crippen LogP contribution in [-0.2, 0) is 15.0 Å². The molecule has 2 aromatic carbocycles. The Morgan fingerprint density at radius 2 is 1.43 bits per heavy atom. The number of methoxy groups -OCH3 is 2. The van der Waals surface area contributed by atoms with Gasteiger partial charge in [-0.05, 0) is 47.7 Å². The molecule has 5 nitrogen and oxygen atoms in total. The molecule has 2 bridgehead atoms. The van der Waals surface area contributed by atoms with Gasteiger partial charge in [-0.1, -0.05) is 62.8 Å². The smallest absolute Gasteiger partial charge is 0.173 e. The third-order valence-electron chi connectivity index (χ3n) is 8.22. The van der Waals surface area contributed by atoms with Gasteiger partial charge in [-0.2, -0.15) is 0 Å². The van der Waals surface area contributed by atoms with Crippen LogP contribution < -0.4 is 9.47 Å². The van der Waals surface area contributed by atoms with Gasteiger partial charge in [-0.15, -0.1) is 0 Å². The predicted molar refractivity (Wildman–Crippen MR) is 134 cm³/mol. The molecule has 6 rings (SSSR count). The number of aliphatic hydroxyl groups is 1. The summed E-state index contributed by atoms with van der Waals surface area (Å²) in [6.07, 6.45) is 4.02. The highest BCUT2D eigenvalue weighted by Gasteiger charge is 2.70. The van der Waals surface area contributed by atoms with Crippen LogP contribution in [0.2, 0.25) is 0 Å². The Bertz CT molecular complexity index is 1260. The van der Waals surface area contributed by atoms with Crippen LogP contribution in [0.1, 0.15) is 38.8 Å². The molecule has 182 valence electrons. The van der Waals surface area contributed by atoms with E-state index in [1.165, 1.54) is 0 Å². The highest BCUT2D eigenvalue weighted by molar-refractivity contribution is 6.26. The second kappa shape index (κ2) is 7.66. The van der Waals surface area contributed by atoms with E-state index in [2.05, 4.69) is 20.8 Å². The maximum Gasteiger partial charge on any atom is 0.173 e. The number of fused-ring (bicyclic) bond motifs is 1. The average Bonchev–Trinajstić information content (AvgIpc) is 3.15. The van der Waals surface area contributed by atoms with Crippen molar-refractivity contribution >= 4 is 17.1 Å². The van der Waals surface area contributed by atoms with E-state index in [0.29, 0.717) is 17.1 Å². The van der Waals surface area contributed by atoms with Crippen LogP contribution in [0.5, 0.6) is 11.5 Å². The quantitative estimate of drug-likeness (QED) is 0.649. The maximum absolute atomic E-state index is 14.2. The Kier molecular flexibility index (Phi) is 5.15. The van der Waals surface area contributed by atoms with Crippen molar-refractivity contribution < 1.29 is 24.2 Å².